The van der Waals surface area contributed by atoms with Gasteiger partial charge in [0.15, 0.2) is 5.78 Å². The summed E-state index contributed by atoms with van der Waals surface area (Å²) in [6.45, 7) is 6.97. The van der Waals surface area contributed by atoms with Crippen molar-refractivity contribution in [1.29, 1.82) is 0 Å². The first-order valence-electron chi connectivity index (χ1n) is 7.00. The standard InChI is InChI=1S/C16H23IO3/c1-4-19-13(3)16(20-11-5-10-17)15-8-6-14(7-9-15)12(2)18/h6-9,13,16H,4-5,10-11H2,1-3H3. The fraction of sp³-hybridized carbons (Fsp3) is 0.562. The van der Waals surface area contributed by atoms with E-state index in [1.807, 2.05) is 38.1 Å². The molecule has 0 N–H and O–H groups in total. The summed E-state index contributed by atoms with van der Waals surface area (Å²) in [5.41, 5.74) is 1.79. The van der Waals surface area contributed by atoms with Crippen LogP contribution in [0.25, 0.3) is 0 Å². The van der Waals surface area contributed by atoms with Crippen molar-refractivity contribution in [3.63, 3.8) is 0 Å². The third-order valence-electron chi connectivity index (χ3n) is 3.08. The lowest BCUT2D eigenvalue weighted by Crippen LogP contribution is -2.22. The Hall–Kier alpha value is -0.460. The minimum Gasteiger partial charge on any atom is -0.376 e. The van der Waals surface area contributed by atoms with Gasteiger partial charge < -0.3 is 9.47 Å². The van der Waals surface area contributed by atoms with Crippen LogP contribution in [-0.4, -0.2) is 29.5 Å². The maximum atomic E-state index is 11.3. The first kappa shape index (κ1) is 17.6. The molecule has 20 heavy (non-hydrogen) atoms. The summed E-state index contributed by atoms with van der Waals surface area (Å²) in [5.74, 6) is 0.0804. The van der Waals surface area contributed by atoms with Crippen molar-refractivity contribution < 1.29 is 14.3 Å². The highest BCUT2D eigenvalue weighted by molar-refractivity contribution is 14.1. The number of ether oxygens (including phenoxy) is 2. The zero-order chi connectivity index (χ0) is 15.0. The molecular formula is C16H23IO3. The molecule has 0 saturated heterocycles. The molecule has 0 amide bonds. The molecule has 112 valence electrons. The van der Waals surface area contributed by atoms with E-state index >= 15 is 0 Å². The number of carbonyl (C=O) groups is 1. The molecular weight excluding hydrogens is 367 g/mol. The summed E-state index contributed by atoms with van der Waals surface area (Å²) in [4.78, 5) is 11.3. The van der Waals surface area contributed by atoms with Crippen LogP contribution in [-0.2, 0) is 9.47 Å². The number of ketones is 1. The number of benzene rings is 1. The molecule has 1 aromatic rings. The van der Waals surface area contributed by atoms with Gasteiger partial charge in [-0.1, -0.05) is 46.9 Å². The molecule has 4 heteroatoms. The Balaban J connectivity index is 2.82. The molecule has 3 nitrogen and oxygen atoms in total. The van der Waals surface area contributed by atoms with E-state index in [0.29, 0.717) is 6.61 Å². The second-order valence-corrected chi connectivity index (χ2v) is 5.75. The molecule has 0 fully saturated rings. The van der Waals surface area contributed by atoms with E-state index in [1.165, 1.54) is 0 Å². The second-order valence-electron chi connectivity index (χ2n) is 4.67. The normalized spacial score (nSPS) is 14.0. The highest BCUT2D eigenvalue weighted by atomic mass is 127. The molecule has 0 aliphatic heterocycles. The molecule has 0 heterocycles. The molecule has 0 aliphatic carbocycles. The van der Waals surface area contributed by atoms with Crippen LogP contribution in [0.2, 0.25) is 0 Å². The average Bonchev–Trinajstić information content (AvgIpc) is 2.44. The fourth-order valence-corrected chi connectivity index (χ4v) is 2.34. The Morgan fingerprint density at radius 1 is 1.25 bits per heavy atom. The Kier molecular flexibility index (Phi) is 8.33. The first-order valence-corrected chi connectivity index (χ1v) is 8.52. The van der Waals surface area contributed by atoms with E-state index in [0.717, 1.165) is 28.6 Å². The number of hydrogen-bond acceptors (Lipinski definition) is 3. The van der Waals surface area contributed by atoms with Gasteiger partial charge in [0.2, 0.25) is 0 Å². The number of rotatable bonds is 9. The van der Waals surface area contributed by atoms with E-state index < -0.39 is 0 Å². The van der Waals surface area contributed by atoms with Crippen LogP contribution in [0.15, 0.2) is 24.3 Å². The molecule has 0 aliphatic rings. The van der Waals surface area contributed by atoms with Gasteiger partial charge in [-0.3, -0.25) is 4.79 Å². The number of halogens is 1. The van der Waals surface area contributed by atoms with Gasteiger partial charge in [0, 0.05) is 23.2 Å². The van der Waals surface area contributed by atoms with E-state index in [-0.39, 0.29) is 18.0 Å². The van der Waals surface area contributed by atoms with Gasteiger partial charge in [-0.15, -0.1) is 0 Å². The zero-order valence-electron chi connectivity index (χ0n) is 12.4. The highest BCUT2D eigenvalue weighted by Gasteiger charge is 2.20. The van der Waals surface area contributed by atoms with E-state index in [9.17, 15) is 4.79 Å². The SMILES string of the molecule is CCOC(C)C(OCCCI)c1ccc(C(C)=O)cc1. The molecule has 0 aromatic heterocycles. The van der Waals surface area contributed by atoms with Crippen molar-refractivity contribution in [3.8, 4) is 0 Å². The topological polar surface area (TPSA) is 35.5 Å². The molecule has 2 unspecified atom stereocenters. The van der Waals surface area contributed by atoms with Crippen molar-refractivity contribution in [2.45, 2.75) is 39.4 Å². The van der Waals surface area contributed by atoms with E-state index in [4.69, 9.17) is 9.47 Å². The quantitative estimate of drug-likeness (QED) is 0.275. The average molecular weight is 390 g/mol. The smallest absolute Gasteiger partial charge is 0.159 e. The fourth-order valence-electron chi connectivity index (χ4n) is 2.03. The van der Waals surface area contributed by atoms with Gasteiger partial charge in [0.05, 0.1) is 6.10 Å². The van der Waals surface area contributed by atoms with Crippen molar-refractivity contribution in [3.05, 3.63) is 35.4 Å². The summed E-state index contributed by atoms with van der Waals surface area (Å²) in [7, 11) is 0. The molecule has 1 rings (SSSR count). The monoisotopic (exact) mass is 390 g/mol. The number of alkyl halides is 1. The third-order valence-corrected chi connectivity index (χ3v) is 3.84. The van der Waals surface area contributed by atoms with Gasteiger partial charge in [0.25, 0.3) is 0 Å². The van der Waals surface area contributed by atoms with Crippen molar-refractivity contribution in [2.24, 2.45) is 0 Å². The van der Waals surface area contributed by atoms with Crippen molar-refractivity contribution in [1.82, 2.24) is 0 Å². The summed E-state index contributed by atoms with van der Waals surface area (Å²) in [6.07, 6.45) is 0.942. The van der Waals surface area contributed by atoms with Crippen molar-refractivity contribution in [2.75, 3.05) is 17.6 Å². The van der Waals surface area contributed by atoms with Crippen LogP contribution in [0, 0.1) is 0 Å². The van der Waals surface area contributed by atoms with Crippen LogP contribution in [0.5, 0.6) is 0 Å². The summed E-state index contributed by atoms with van der Waals surface area (Å²) < 4.78 is 12.7. The minimum atomic E-state index is -0.0843. The molecule has 0 saturated carbocycles. The Bertz CT molecular complexity index is 403. The largest absolute Gasteiger partial charge is 0.376 e. The van der Waals surface area contributed by atoms with Gasteiger partial charge in [-0.2, -0.15) is 0 Å². The van der Waals surface area contributed by atoms with Gasteiger partial charge in [-0.05, 0) is 32.8 Å². The van der Waals surface area contributed by atoms with Crippen LogP contribution < -0.4 is 0 Å². The summed E-state index contributed by atoms with van der Waals surface area (Å²) in [6, 6.07) is 7.62. The predicted octanol–water partition coefficient (Wildman–Crippen LogP) is 4.20. The molecule has 2 atom stereocenters. The maximum Gasteiger partial charge on any atom is 0.159 e. The lowest BCUT2D eigenvalue weighted by Gasteiger charge is -2.25. The van der Waals surface area contributed by atoms with Crippen LogP contribution in [0.1, 0.15) is 49.2 Å². The lowest BCUT2D eigenvalue weighted by atomic mass is 10.0. The Labute approximate surface area is 135 Å². The van der Waals surface area contributed by atoms with Crippen molar-refractivity contribution >= 4 is 28.4 Å². The summed E-state index contributed by atoms with van der Waals surface area (Å²) >= 11 is 2.35. The van der Waals surface area contributed by atoms with E-state index in [2.05, 4.69) is 22.6 Å². The first-order chi connectivity index (χ1) is 9.60. The molecule has 1 aromatic carbocycles. The third kappa shape index (κ3) is 5.50. The van der Waals surface area contributed by atoms with Crippen LogP contribution in [0.4, 0.5) is 0 Å². The Morgan fingerprint density at radius 3 is 2.40 bits per heavy atom. The number of Topliss-reactive ketones (excluding diaryl/α,β-unsaturated/α-hetero) is 1. The van der Waals surface area contributed by atoms with Gasteiger partial charge in [-0.25, -0.2) is 0 Å². The predicted molar refractivity (Wildman–Crippen MR) is 89.7 cm³/mol. The number of hydrogen-bond donors (Lipinski definition) is 0. The molecule has 0 spiro atoms. The maximum absolute atomic E-state index is 11.3. The minimum absolute atomic E-state index is 0.00242. The second kappa shape index (κ2) is 9.47. The van der Waals surface area contributed by atoms with Gasteiger partial charge in [0.1, 0.15) is 6.10 Å². The summed E-state index contributed by atoms with van der Waals surface area (Å²) in [5, 5.41) is 0. The van der Waals surface area contributed by atoms with Gasteiger partial charge >= 0.3 is 0 Å². The zero-order valence-corrected chi connectivity index (χ0v) is 14.6. The van der Waals surface area contributed by atoms with Crippen LogP contribution in [0.3, 0.4) is 0 Å². The molecule has 0 bridgehead atoms. The number of carbonyl (C=O) groups excluding carboxylic acids is 1. The molecule has 0 radical (unpaired) electrons. The highest BCUT2D eigenvalue weighted by Crippen LogP contribution is 2.24. The lowest BCUT2D eigenvalue weighted by molar-refractivity contribution is -0.0635. The van der Waals surface area contributed by atoms with Crippen LogP contribution >= 0.6 is 22.6 Å². The van der Waals surface area contributed by atoms with E-state index in [1.54, 1.807) is 6.92 Å². The Morgan fingerprint density at radius 2 is 1.90 bits per heavy atom.